The first-order chi connectivity index (χ1) is 9.40. The zero-order valence-electron chi connectivity index (χ0n) is 10.8. The van der Waals surface area contributed by atoms with Crippen molar-refractivity contribution in [2.24, 2.45) is 0 Å². The molecule has 1 aromatic heterocycles. The lowest BCUT2D eigenvalue weighted by atomic mass is 10.1. The molecule has 0 amide bonds. The molecule has 2 rings (SSSR count). The van der Waals surface area contributed by atoms with Crippen LogP contribution >= 0.6 is 0 Å². The van der Waals surface area contributed by atoms with E-state index in [1.807, 2.05) is 30.3 Å². The van der Waals surface area contributed by atoms with Gasteiger partial charge < -0.3 is 4.74 Å². The van der Waals surface area contributed by atoms with Gasteiger partial charge in [0, 0.05) is 12.6 Å². The van der Waals surface area contributed by atoms with Crippen LogP contribution in [0.25, 0.3) is 0 Å². The molecular weight excluding hydrogens is 282 g/mol. The fraction of sp³-hybridized carbons (Fsp3) is 0.154. The molecule has 6 nitrogen and oxygen atoms in total. The van der Waals surface area contributed by atoms with Crippen LogP contribution in [0.15, 0.2) is 48.7 Å². The molecule has 0 radical (unpaired) electrons. The Balaban J connectivity index is 0.000000347. The van der Waals surface area contributed by atoms with E-state index in [0.29, 0.717) is 0 Å². The van der Waals surface area contributed by atoms with Gasteiger partial charge in [0.1, 0.15) is 5.75 Å². The Kier molecular flexibility index (Phi) is 6.10. The molecule has 2 N–H and O–H groups in total. The maximum absolute atomic E-state index is 8.74. The van der Waals surface area contributed by atoms with Crippen molar-refractivity contribution in [3.05, 3.63) is 59.9 Å². The van der Waals surface area contributed by atoms with E-state index >= 15 is 0 Å². The van der Waals surface area contributed by atoms with Crippen molar-refractivity contribution >= 4 is 10.4 Å². The fourth-order valence-corrected chi connectivity index (χ4v) is 1.53. The number of nitrogens with zero attached hydrogens (tertiary/aromatic N) is 1. The van der Waals surface area contributed by atoms with Crippen LogP contribution in [-0.4, -0.2) is 29.6 Å². The average molecular weight is 297 g/mol. The minimum Gasteiger partial charge on any atom is -0.495 e. The first-order valence-electron chi connectivity index (χ1n) is 5.62. The van der Waals surface area contributed by atoms with Crippen molar-refractivity contribution < 1.29 is 22.3 Å². The topological polar surface area (TPSA) is 96.7 Å². The van der Waals surface area contributed by atoms with E-state index in [1.54, 1.807) is 13.3 Å². The first-order valence-corrected chi connectivity index (χ1v) is 7.01. The fourth-order valence-electron chi connectivity index (χ4n) is 1.53. The number of pyridine rings is 1. The summed E-state index contributed by atoms with van der Waals surface area (Å²) in [5.41, 5.74) is 2.22. The maximum atomic E-state index is 8.74. The first kappa shape index (κ1) is 16.1. The highest BCUT2D eigenvalue weighted by atomic mass is 32.3. The second kappa shape index (κ2) is 7.59. The van der Waals surface area contributed by atoms with Crippen LogP contribution in [0.1, 0.15) is 11.3 Å². The van der Waals surface area contributed by atoms with Gasteiger partial charge in [-0.1, -0.05) is 30.3 Å². The molecule has 0 spiro atoms. The van der Waals surface area contributed by atoms with E-state index in [0.717, 1.165) is 17.9 Å². The SMILES string of the molecule is COc1cccnc1Cc1ccccc1.O=S(=O)(O)O. The molecule has 0 aliphatic heterocycles. The molecule has 0 atom stereocenters. The Morgan fingerprint density at radius 3 is 2.25 bits per heavy atom. The molecule has 0 aliphatic carbocycles. The Hall–Kier alpha value is -1.96. The molecule has 0 saturated heterocycles. The quantitative estimate of drug-likeness (QED) is 0.841. The van der Waals surface area contributed by atoms with Crippen molar-refractivity contribution in [1.82, 2.24) is 4.98 Å². The lowest BCUT2D eigenvalue weighted by molar-refractivity contribution is 0.381. The van der Waals surface area contributed by atoms with E-state index in [-0.39, 0.29) is 0 Å². The van der Waals surface area contributed by atoms with Gasteiger partial charge in [0.2, 0.25) is 0 Å². The molecule has 20 heavy (non-hydrogen) atoms. The highest BCUT2D eigenvalue weighted by molar-refractivity contribution is 7.79. The van der Waals surface area contributed by atoms with Gasteiger partial charge in [0.25, 0.3) is 0 Å². The van der Waals surface area contributed by atoms with E-state index in [2.05, 4.69) is 17.1 Å². The zero-order chi connectivity index (χ0) is 15.0. The molecular formula is C13H15NO5S. The van der Waals surface area contributed by atoms with Crippen molar-refractivity contribution in [3.8, 4) is 5.75 Å². The Labute approximate surface area is 117 Å². The molecule has 0 saturated carbocycles. The van der Waals surface area contributed by atoms with E-state index in [1.165, 1.54) is 5.56 Å². The van der Waals surface area contributed by atoms with Crippen LogP contribution in [0.3, 0.4) is 0 Å². The highest BCUT2D eigenvalue weighted by Crippen LogP contribution is 2.17. The van der Waals surface area contributed by atoms with E-state index < -0.39 is 10.4 Å². The monoisotopic (exact) mass is 297 g/mol. The van der Waals surface area contributed by atoms with Gasteiger partial charge in [-0.2, -0.15) is 8.42 Å². The summed E-state index contributed by atoms with van der Waals surface area (Å²) in [6.45, 7) is 0. The summed E-state index contributed by atoms with van der Waals surface area (Å²) in [6, 6.07) is 14.1. The molecule has 0 fully saturated rings. The molecule has 7 heteroatoms. The number of benzene rings is 1. The Bertz CT molecular complexity index is 620. The number of hydrogen-bond acceptors (Lipinski definition) is 4. The zero-order valence-corrected chi connectivity index (χ0v) is 11.6. The van der Waals surface area contributed by atoms with E-state index in [4.69, 9.17) is 22.3 Å². The predicted octanol–water partition coefficient (Wildman–Crippen LogP) is 2.03. The summed E-state index contributed by atoms with van der Waals surface area (Å²) >= 11 is 0. The average Bonchev–Trinajstić information content (AvgIpc) is 2.39. The summed E-state index contributed by atoms with van der Waals surface area (Å²) in [5, 5.41) is 0. The summed E-state index contributed by atoms with van der Waals surface area (Å²) in [6.07, 6.45) is 2.60. The van der Waals surface area contributed by atoms with Crippen LogP contribution in [0.5, 0.6) is 5.75 Å². The number of rotatable bonds is 3. The molecule has 0 bridgehead atoms. The van der Waals surface area contributed by atoms with Gasteiger partial charge in [-0.25, -0.2) is 0 Å². The number of aromatic nitrogens is 1. The van der Waals surface area contributed by atoms with Crippen molar-refractivity contribution in [2.75, 3.05) is 7.11 Å². The summed E-state index contributed by atoms with van der Waals surface area (Å²) in [5.74, 6) is 0.848. The lowest BCUT2D eigenvalue weighted by Crippen LogP contribution is -1.96. The largest absolute Gasteiger partial charge is 0.495 e. The van der Waals surface area contributed by atoms with Crippen LogP contribution in [0.4, 0.5) is 0 Å². The second-order valence-electron chi connectivity index (χ2n) is 3.76. The molecule has 1 aromatic carbocycles. The van der Waals surface area contributed by atoms with Crippen LogP contribution < -0.4 is 4.74 Å². The third-order valence-corrected chi connectivity index (χ3v) is 2.28. The normalized spacial score (nSPS) is 10.3. The third-order valence-electron chi connectivity index (χ3n) is 2.28. The molecule has 0 aliphatic rings. The maximum Gasteiger partial charge on any atom is 0.394 e. The molecule has 1 heterocycles. The van der Waals surface area contributed by atoms with Gasteiger partial charge in [0.05, 0.1) is 12.8 Å². The standard InChI is InChI=1S/C13H13NO.H2O4S/c1-15-13-8-5-9-14-12(13)10-11-6-3-2-4-7-11;1-5(2,3)4/h2-9H,10H2,1H3;(H2,1,2,3,4). The Morgan fingerprint density at radius 2 is 1.70 bits per heavy atom. The van der Waals surface area contributed by atoms with E-state index in [9.17, 15) is 0 Å². The van der Waals surface area contributed by atoms with Crippen molar-refractivity contribution in [2.45, 2.75) is 6.42 Å². The third kappa shape index (κ3) is 6.83. The van der Waals surface area contributed by atoms with Crippen LogP contribution in [-0.2, 0) is 16.8 Å². The van der Waals surface area contributed by atoms with Gasteiger partial charge in [-0.3, -0.25) is 14.1 Å². The molecule has 2 aromatic rings. The smallest absolute Gasteiger partial charge is 0.394 e. The van der Waals surface area contributed by atoms with Crippen LogP contribution in [0, 0.1) is 0 Å². The second-order valence-corrected chi connectivity index (χ2v) is 4.66. The number of methoxy groups -OCH3 is 1. The number of hydrogen-bond donors (Lipinski definition) is 2. The highest BCUT2D eigenvalue weighted by Gasteiger charge is 2.03. The summed E-state index contributed by atoms with van der Waals surface area (Å²) in [4.78, 5) is 4.32. The summed E-state index contributed by atoms with van der Waals surface area (Å²) in [7, 11) is -2.99. The Morgan fingerprint density at radius 1 is 1.10 bits per heavy atom. The summed E-state index contributed by atoms with van der Waals surface area (Å²) < 4.78 is 36.8. The minimum absolute atomic E-state index is 0.810. The predicted molar refractivity (Wildman–Crippen MR) is 74.2 cm³/mol. The number of ether oxygens (including phenoxy) is 1. The molecule has 108 valence electrons. The lowest BCUT2D eigenvalue weighted by Gasteiger charge is -2.06. The van der Waals surface area contributed by atoms with Crippen molar-refractivity contribution in [1.29, 1.82) is 0 Å². The van der Waals surface area contributed by atoms with Gasteiger partial charge >= 0.3 is 10.4 Å². The van der Waals surface area contributed by atoms with Crippen molar-refractivity contribution in [3.63, 3.8) is 0 Å². The van der Waals surface area contributed by atoms with Gasteiger partial charge in [-0.15, -0.1) is 0 Å². The van der Waals surface area contributed by atoms with Gasteiger partial charge in [0.15, 0.2) is 0 Å². The molecule has 0 unspecified atom stereocenters. The van der Waals surface area contributed by atoms with Crippen LogP contribution in [0.2, 0.25) is 0 Å². The van der Waals surface area contributed by atoms with Gasteiger partial charge in [-0.05, 0) is 17.7 Å². The minimum atomic E-state index is -4.67.